The topological polar surface area (TPSA) is 64.4 Å². The Hall–Kier alpha value is -3.29. The zero-order valence-electron chi connectivity index (χ0n) is 14.2. The Morgan fingerprint density at radius 1 is 1.15 bits per heavy atom. The Labute approximate surface area is 152 Å². The molecule has 0 aliphatic rings. The van der Waals surface area contributed by atoms with Crippen LogP contribution in [0.4, 0.5) is 18.9 Å². The zero-order valence-corrected chi connectivity index (χ0v) is 14.2. The van der Waals surface area contributed by atoms with Gasteiger partial charge in [0, 0.05) is 17.3 Å². The number of carbonyl (C=O) groups excluding carboxylic acids is 1. The number of nitrogens with one attached hydrogen (secondary N) is 1. The third-order valence-corrected chi connectivity index (χ3v) is 3.73. The van der Waals surface area contributed by atoms with Crippen molar-refractivity contribution in [2.75, 3.05) is 12.4 Å². The second kappa shape index (κ2) is 7.53. The molecule has 0 unspecified atom stereocenters. The third kappa shape index (κ3) is 4.66. The maximum absolute atomic E-state index is 12.7. The molecular weight excluding hydrogens is 361 g/mol. The molecule has 3 aromatic rings. The summed E-state index contributed by atoms with van der Waals surface area (Å²) in [5, 5.41) is 6.26. The molecule has 0 atom stereocenters. The fourth-order valence-corrected chi connectivity index (χ4v) is 2.45. The van der Waals surface area contributed by atoms with E-state index < -0.39 is 17.6 Å². The molecule has 0 saturated heterocycles. The van der Waals surface area contributed by atoms with Gasteiger partial charge in [0.25, 0.3) is 0 Å². The van der Waals surface area contributed by atoms with E-state index >= 15 is 0 Å². The molecule has 1 amide bonds. The first kappa shape index (κ1) is 18.5. The van der Waals surface area contributed by atoms with Crippen molar-refractivity contribution in [3.8, 4) is 17.1 Å². The first-order valence-electron chi connectivity index (χ1n) is 7.92. The van der Waals surface area contributed by atoms with Crippen molar-refractivity contribution in [1.29, 1.82) is 0 Å². The first-order chi connectivity index (χ1) is 12.8. The molecule has 0 spiro atoms. The summed E-state index contributed by atoms with van der Waals surface area (Å²) in [6.45, 7) is 0. The van der Waals surface area contributed by atoms with Gasteiger partial charge in [-0.05, 0) is 30.3 Å². The Balaban J connectivity index is 1.68. The van der Waals surface area contributed by atoms with Gasteiger partial charge in [-0.25, -0.2) is 0 Å². The molecule has 0 bridgehead atoms. The second-order valence-electron chi connectivity index (χ2n) is 5.72. The van der Waals surface area contributed by atoms with Gasteiger partial charge in [-0.1, -0.05) is 23.4 Å². The Morgan fingerprint density at radius 2 is 1.93 bits per heavy atom. The summed E-state index contributed by atoms with van der Waals surface area (Å²) in [5.74, 6) is 0.600. The summed E-state index contributed by atoms with van der Waals surface area (Å²) >= 11 is 0. The summed E-state index contributed by atoms with van der Waals surface area (Å²) in [6.07, 6.45) is -4.61. The lowest BCUT2D eigenvalue weighted by molar-refractivity contribution is -0.137. The Kier molecular flexibility index (Phi) is 5.16. The zero-order chi connectivity index (χ0) is 19.4. The molecule has 0 aliphatic heterocycles. The number of aromatic nitrogens is 1. The summed E-state index contributed by atoms with van der Waals surface area (Å²) in [5.41, 5.74) is 0.317. The summed E-state index contributed by atoms with van der Waals surface area (Å²) < 4.78 is 48.6. The molecule has 1 N–H and O–H groups in total. The van der Waals surface area contributed by atoms with Crippen LogP contribution in [0, 0.1) is 0 Å². The first-order valence-corrected chi connectivity index (χ1v) is 7.92. The molecule has 3 rings (SSSR count). The largest absolute Gasteiger partial charge is 0.497 e. The van der Waals surface area contributed by atoms with Crippen LogP contribution in [0.2, 0.25) is 0 Å². The number of methoxy groups -OCH3 is 1. The van der Waals surface area contributed by atoms with Crippen molar-refractivity contribution in [1.82, 2.24) is 5.16 Å². The molecule has 0 saturated carbocycles. The second-order valence-corrected chi connectivity index (χ2v) is 5.72. The van der Waals surface area contributed by atoms with Gasteiger partial charge >= 0.3 is 6.18 Å². The van der Waals surface area contributed by atoms with Crippen LogP contribution in [0.3, 0.4) is 0 Å². The number of rotatable bonds is 5. The van der Waals surface area contributed by atoms with E-state index in [-0.39, 0.29) is 12.1 Å². The van der Waals surface area contributed by atoms with Crippen LogP contribution < -0.4 is 10.1 Å². The van der Waals surface area contributed by atoms with Gasteiger partial charge in [-0.3, -0.25) is 4.79 Å². The molecule has 5 nitrogen and oxygen atoms in total. The predicted molar refractivity (Wildman–Crippen MR) is 92.3 cm³/mol. The van der Waals surface area contributed by atoms with E-state index in [1.807, 2.05) is 0 Å². The van der Waals surface area contributed by atoms with E-state index in [1.54, 1.807) is 37.4 Å². The molecule has 27 heavy (non-hydrogen) atoms. The van der Waals surface area contributed by atoms with E-state index in [1.165, 1.54) is 12.1 Å². The quantitative estimate of drug-likeness (QED) is 0.710. The van der Waals surface area contributed by atoms with Crippen LogP contribution >= 0.6 is 0 Å². The monoisotopic (exact) mass is 376 g/mol. The van der Waals surface area contributed by atoms with Gasteiger partial charge in [0.2, 0.25) is 5.91 Å². The Bertz CT molecular complexity index is 951. The van der Waals surface area contributed by atoms with Crippen molar-refractivity contribution in [3.63, 3.8) is 0 Å². The number of nitrogens with zero attached hydrogens (tertiary/aromatic N) is 1. The lowest BCUT2D eigenvalue weighted by Crippen LogP contribution is -2.15. The normalized spacial score (nSPS) is 11.3. The summed E-state index contributed by atoms with van der Waals surface area (Å²) in [7, 11) is 1.54. The number of halogens is 3. The highest BCUT2D eigenvalue weighted by Crippen LogP contribution is 2.30. The molecule has 140 valence electrons. The van der Waals surface area contributed by atoms with Gasteiger partial charge in [-0.2, -0.15) is 13.2 Å². The average molecular weight is 376 g/mol. The van der Waals surface area contributed by atoms with E-state index in [4.69, 9.17) is 9.26 Å². The van der Waals surface area contributed by atoms with E-state index in [2.05, 4.69) is 10.5 Å². The lowest BCUT2D eigenvalue weighted by Gasteiger charge is -2.09. The molecule has 0 radical (unpaired) electrons. The molecule has 0 fully saturated rings. The van der Waals surface area contributed by atoms with E-state index in [0.717, 1.165) is 17.7 Å². The van der Waals surface area contributed by atoms with Crippen molar-refractivity contribution in [3.05, 3.63) is 65.9 Å². The van der Waals surface area contributed by atoms with E-state index in [9.17, 15) is 18.0 Å². The highest BCUT2D eigenvalue weighted by molar-refractivity contribution is 5.92. The molecule has 0 aliphatic carbocycles. The number of hydrogen-bond donors (Lipinski definition) is 1. The molecule has 1 aromatic heterocycles. The van der Waals surface area contributed by atoms with Gasteiger partial charge < -0.3 is 14.6 Å². The number of amides is 1. The number of anilines is 1. The SMILES string of the molecule is COc1cccc(-c2cc(CC(=O)Nc3cccc(C(F)(F)F)c3)no2)c1. The van der Waals surface area contributed by atoms with Gasteiger partial charge in [-0.15, -0.1) is 0 Å². The summed E-state index contributed by atoms with van der Waals surface area (Å²) in [4.78, 5) is 12.1. The van der Waals surface area contributed by atoms with Crippen LogP contribution in [-0.2, 0) is 17.4 Å². The van der Waals surface area contributed by atoms with Crippen molar-refractivity contribution in [2.45, 2.75) is 12.6 Å². The van der Waals surface area contributed by atoms with Crippen LogP contribution in [0.25, 0.3) is 11.3 Å². The maximum Gasteiger partial charge on any atom is 0.416 e. The number of alkyl halides is 3. The van der Waals surface area contributed by atoms with Crippen LogP contribution in [-0.4, -0.2) is 18.2 Å². The van der Waals surface area contributed by atoms with Crippen LogP contribution in [0.1, 0.15) is 11.3 Å². The number of ether oxygens (including phenoxy) is 1. The lowest BCUT2D eigenvalue weighted by atomic mass is 10.1. The third-order valence-electron chi connectivity index (χ3n) is 3.73. The summed E-state index contributed by atoms with van der Waals surface area (Å²) in [6, 6.07) is 13.2. The van der Waals surface area contributed by atoms with Gasteiger partial charge in [0.05, 0.1) is 24.8 Å². The standard InChI is InChI=1S/C19H15F3N2O3/c1-26-16-7-2-4-12(8-16)17-10-15(24-27-17)11-18(25)23-14-6-3-5-13(9-14)19(20,21)22/h2-10H,11H2,1H3,(H,23,25). The molecule has 1 heterocycles. The van der Waals surface area contributed by atoms with Gasteiger partial charge in [0.1, 0.15) is 5.75 Å². The number of benzene rings is 2. The van der Waals surface area contributed by atoms with Crippen LogP contribution in [0.5, 0.6) is 5.75 Å². The highest BCUT2D eigenvalue weighted by atomic mass is 19.4. The van der Waals surface area contributed by atoms with Crippen LogP contribution in [0.15, 0.2) is 59.1 Å². The minimum Gasteiger partial charge on any atom is -0.497 e. The highest BCUT2D eigenvalue weighted by Gasteiger charge is 2.30. The average Bonchev–Trinajstić information content (AvgIpc) is 3.09. The van der Waals surface area contributed by atoms with Crippen molar-refractivity contribution >= 4 is 11.6 Å². The molecular formula is C19H15F3N2O3. The maximum atomic E-state index is 12.7. The fourth-order valence-electron chi connectivity index (χ4n) is 2.45. The Morgan fingerprint density at radius 3 is 2.67 bits per heavy atom. The van der Waals surface area contributed by atoms with Crippen molar-refractivity contribution in [2.24, 2.45) is 0 Å². The number of carbonyl (C=O) groups is 1. The smallest absolute Gasteiger partial charge is 0.416 e. The van der Waals surface area contributed by atoms with Crippen molar-refractivity contribution < 1.29 is 27.2 Å². The van der Waals surface area contributed by atoms with E-state index in [0.29, 0.717) is 17.2 Å². The van der Waals surface area contributed by atoms with Gasteiger partial charge in [0.15, 0.2) is 5.76 Å². The minimum atomic E-state index is -4.47. The minimum absolute atomic E-state index is 0.0614. The predicted octanol–water partition coefficient (Wildman–Crippen LogP) is 4.55. The number of hydrogen-bond acceptors (Lipinski definition) is 4. The fraction of sp³-hybridized carbons (Fsp3) is 0.158. The molecule has 2 aromatic carbocycles. The molecule has 8 heteroatoms.